The van der Waals surface area contributed by atoms with Gasteiger partial charge in [-0.25, -0.2) is 9.19 Å². The number of aromatic nitrogens is 1. The number of ether oxygens (including phenoxy) is 1. The molecule has 1 atom stereocenters. The molecule has 1 saturated carbocycles. The highest BCUT2D eigenvalue weighted by atomic mass is 32.2. The molecule has 0 saturated heterocycles. The molecule has 2 N–H and O–H groups in total. The van der Waals surface area contributed by atoms with Crippen molar-refractivity contribution in [2.24, 2.45) is 0 Å². The molecule has 6 nitrogen and oxygen atoms in total. The van der Waals surface area contributed by atoms with E-state index in [1.165, 1.54) is 36.4 Å². The topological polar surface area (TPSA) is 88.5 Å². The van der Waals surface area contributed by atoms with Gasteiger partial charge in [0.05, 0.1) is 16.0 Å². The fourth-order valence-corrected chi connectivity index (χ4v) is 3.76. The lowest BCUT2D eigenvalue weighted by atomic mass is 9.95. The molecule has 1 aromatic heterocycles. The lowest BCUT2D eigenvalue weighted by Crippen LogP contribution is -2.28. The Bertz CT molecular complexity index is 1160. The van der Waals surface area contributed by atoms with Gasteiger partial charge in [0.15, 0.2) is 11.1 Å². The minimum Gasteiger partial charge on any atom is -0.406 e. The number of hydrogen-bond acceptors (Lipinski definition) is 4. The Hall–Kier alpha value is -3.24. The maximum absolute atomic E-state index is 13.0. The van der Waals surface area contributed by atoms with Crippen molar-refractivity contribution in [3.8, 4) is 17.0 Å². The van der Waals surface area contributed by atoms with Crippen LogP contribution < -0.4 is 10.1 Å². The molecule has 1 unspecified atom stereocenters. The van der Waals surface area contributed by atoms with E-state index in [1.54, 1.807) is 30.3 Å². The van der Waals surface area contributed by atoms with Gasteiger partial charge in [0, 0.05) is 5.56 Å². The second-order valence-corrected chi connectivity index (χ2v) is 8.26. The molecule has 0 aliphatic heterocycles. The normalized spacial score (nSPS) is 15.6. The molecule has 0 bridgehead atoms. The van der Waals surface area contributed by atoms with Gasteiger partial charge < -0.3 is 14.6 Å². The van der Waals surface area contributed by atoms with Gasteiger partial charge in [0.2, 0.25) is 5.91 Å². The fourth-order valence-electron chi connectivity index (χ4n) is 3.39. The minimum atomic E-state index is -4.78. The maximum atomic E-state index is 13.0. The number of halogens is 3. The largest absolute Gasteiger partial charge is 0.573 e. The first kappa shape index (κ1) is 22.0. The number of nitrogens with zero attached hydrogens (tertiary/aromatic N) is 1. The average molecular weight is 462 g/mol. The molecule has 166 valence electrons. The number of anilines is 1. The van der Waals surface area contributed by atoms with E-state index in [0.717, 1.165) is 0 Å². The number of carbonyl (C=O) groups excluding carboxylic acids is 1. The summed E-state index contributed by atoms with van der Waals surface area (Å²) in [6.07, 6.45) is -3.64. The molecule has 4 rings (SSSR count). The summed E-state index contributed by atoms with van der Waals surface area (Å²) >= 11 is -2.07. The molecule has 1 aliphatic carbocycles. The Morgan fingerprint density at radius 1 is 1.03 bits per heavy atom. The highest BCUT2D eigenvalue weighted by Crippen LogP contribution is 2.49. The first-order valence-corrected chi connectivity index (χ1v) is 10.6. The van der Waals surface area contributed by atoms with Gasteiger partial charge in [-0.05, 0) is 54.8 Å². The number of pyridine rings is 1. The molecule has 32 heavy (non-hydrogen) atoms. The summed E-state index contributed by atoms with van der Waals surface area (Å²) in [5.74, 6) is -0.314. The van der Waals surface area contributed by atoms with Crippen LogP contribution in [0.4, 0.5) is 19.0 Å². The van der Waals surface area contributed by atoms with E-state index in [1.807, 2.05) is 0 Å². The number of rotatable bonds is 6. The van der Waals surface area contributed by atoms with Crippen LogP contribution in [0.15, 0.2) is 71.6 Å². The molecule has 1 amide bonds. The van der Waals surface area contributed by atoms with E-state index in [-0.39, 0.29) is 16.6 Å². The summed E-state index contributed by atoms with van der Waals surface area (Å²) in [6, 6.07) is 16.8. The highest BCUT2D eigenvalue weighted by Gasteiger charge is 2.51. The van der Waals surface area contributed by atoms with Crippen molar-refractivity contribution < 1.29 is 31.5 Å². The number of benzene rings is 2. The van der Waals surface area contributed by atoms with Gasteiger partial charge in [0.1, 0.15) is 11.6 Å². The van der Waals surface area contributed by atoms with E-state index < -0.39 is 22.9 Å². The van der Waals surface area contributed by atoms with E-state index in [0.29, 0.717) is 35.5 Å². The molecular formula is C22H17F3N2O4S. The first-order chi connectivity index (χ1) is 15.2. The molecule has 1 aliphatic rings. The summed E-state index contributed by atoms with van der Waals surface area (Å²) in [7, 11) is 0. The number of nitrogens with one attached hydrogen (secondary N) is 1. The first-order valence-electron chi connectivity index (χ1n) is 9.52. The van der Waals surface area contributed by atoms with Gasteiger partial charge in [-0.2, -0.15) is 0 Å². The summed E-state index contributed by atoms with van der Waals surface area (Å²) in [5, 5.41) is 2.79. The zero-order valence-corrected chi connectivity index (χ0v) is 17.2. The van der Waals surface area contributed by atoms with E-state index in [2.05, 4.69) is 15.0 Å². The number of carbonyl (C=O) groups is 1. The monoisotopic (exact) mass is 462 g/mol. The van der Waals surface area contributed by atoms with E-state index in [9.17, 15) is 22.2 Å². The predicted octanol–water partition coefficient (Wildman–Crippen LogP) is 4.90. The molecule has 0 spiro atoms. The third kappa shape index (κ3) is 4.81. The van der Waals surface area contributed by atoms with Crippen LogP contribution in [0.25, 0.3) is 11.3 Å². The summed E-state index contributed by atoms with van der Waals surface area (Å²) in [6.45, 7) is 0. The third-order valence-electron chi connectivity index (χ3n) is 5.17. The van der Waals surface area contributed by atoms with Gasteiger partial charge >= 0.3 is 6.36 Å². The molecule has 0 radical (unpaired) electrons. The van der Waals surface area contributed by atoms with Crippen LogP contribution in [-0.2, 0) is 21.3 Å². The predicted molar refractivity (Wildman–Crippen MR) is 111 cm³/mol. The fraction of sp³-hybridized carbons (Fsp3) is 0.182. The zero-order chi connectivity index (χ0) is 22.9. The van der Waals surface area contributed by atoms with Crippen LogP contribution in [-0.4, -0.2) is 26.0 Å². The van der Waals surface area contributed by atoms with Crippen LogP contribution in [0.2, 0.25) is 0 Å². The van der Waals surface area contributed by atoms with Crippen molar-refractivity contribution in [1.82, 2.24) is 4.98 Å². The Labute approximate surface area is 183 Å². The average Bonchev–Trinajstić information content (AvgIpc) is 3.55. The van der Waals surface area contributed by atoms with E-state index in [4.69, 9.17) is 4.55 Å². The highest BCUT2D eigenvalue weighted by molar-refractivity contribution is 7.79. The second kappa shape index (κ2) is 8.36. The third-order valence-corrected chi connectivity index (χ3v) is 5.84. The molecule has 1 heterocycles. The number of hydrogen-bond donors (Lipinski definition) is 2. The van der Waals surface area contributed by atoms with Gasteiger partial charge in [0.25, 0.3) is 0 Å². The van der Waals surface area contributed by atoms with Crippen LogP contribution in [0.5, 0.6) is 5.75 Å². The SMILES string of the molecule is O=C(Nc1cccc(-c2ccc(S(=O)O)cc2)n1)C1(c2ccc(OC(F)(F)F)cc2)CC1. The van der Waals surface area contributed by atoms with Crippen molar-refractivity contribution >= 4 is 22.8 Å². The zero-order valence-electron chi connectivity index (χ0n) is 16.4. The van der Waals surface area contributed by atoms with Crippen molar-refractivity contribution in [3.05, 3.63) is 72.3 Å². The van der Waals surface area contributed by atoms with Crippen molar-refractivity contribution in [2.45, 2.75) is 29.5 Å². The van der Waals surface area contributed by atoms with Crippen molar-refractivity contribution in [3.63, 3.8) is 0 Å². The van der Waals surface area contributed by atoms with Crippen molar-refractivity contribution in [2.75, 3.05) is 5.32 Å². The lowest BCUT2D eigenvalue weighted by molar-refractivity contribution is -0.274. The maximum Gasteiger partial charge on any atom is 0.573 e. The van der Waals surface area contributed by atoms with E-state index >= 15 is 0 Å². The molecule has 1 fully saturated rings. The van der Waals surface area contributed by atoms with Crippen LogP contribution >= 0.6 is 0 Å². The Morgan fingerprint density at radius 3 is 2.25 bits per heavy atom. The van der Waals surface area contributed by atoms with Crippen molar-refractivity contribution in [1.29, 1.82) is 0 Å². The molecular weight excluding hydrogens is 445 g/mol. The standard InChI is InChI=1S/C22H17F3N2O4S/c23-22(24,25)31-16-8-6-15(7-9-16)21(12-13-21)20(28)27-19-3-1-2-18(26-19)14-4-10-17(11-5-14)32(29)30/h1-11H,12-13H2,(H,29,30)(H,26,27,28). The van der Waals surface area contributed by atoms with Crippen LogP contribution in [0.3, 0.4) is 0 Å². The summed E-state index contributed by atoms with van der Waals surface area (Å²) in [5.41, 5.74) is 1.06. The number of alkyl halides is 3. The molecule has 3 aromatic rings. The Morgan fingerprint density at radius 2 is 1.69 bits per heavy atom. The second-order valence-electron chi connectivity index (χ2n) is 7.29. The van der Waals surface area contributed by atoms with Gasteiger partial charge in [-0.3, -0.25) is 4.79 Å². The Kier molecular flexibility index (Phi) is 5.74. The summed E-state index contributed by atoms with van der Waals surface area (Å²) < 4.78 is 61.2. The quantitative estimate of drug-likeness (QED) is 0.509. The Balaban J connectivity index is 1.49. The molecule has 2 aromatic carbocycles. The van der Waals surface area contributed by atoms with Gasteiger partial charge in [-0.15, -0.1) is 13.2 Å². The van der Waals surface area contributed by atoms with Crippen LogP contribution in [0.1, 0.15) is 18.4 Å². The smallest absolute Gasteiger partial charge is 0.406 e. The number of amides is 1. The molecule has 10 heteroatoms. The van der Waals surface area contributed by atoms with Crippen LogP contribution in [0, 0.1) is 0 Å². The minimum absolute atomic E-state index is 0.264. The summed E-state index contributed by atoms with van der Waals surface area (Å²) in [4.78, 5) is 17.7. The lowest BCUT2D eigenvalue weighted by Gasteiger charge is -2.17. The van der Waals surface area contributed by atoms with Gasteiger partial charge in [-0.1, -0.05) is 30.3 Å².